The standard InChI is InChI=1S/C14H15ClN2O2/c1-9(2)5-12(17(18)19)6-10-8-16-14-7-11(15)3-4-13(10)14/h3-4,6-9,16H,5H2,1-2H3/b12-6-. The Hall–Kier alpha value is -1.81. The second kappa shape index (κ2) is 5.45. The number of halogens is 1. The maximum atomic E-state index is 11.1. The summed E-state index contributed by atoms with van der Waals surface area (Å²) >= 11 is 5.91. The number of aromatic nitrogens is 1. The van der Waals surface area contributed by atoms with Crippen LogP contribution in [0.1, 0.15) is 25.8 Å². The van der Waals surface area contributed by atoms with Crippen molar-refractivity contribution in [2.45, 2.75) is 20.3 Å². The number of nitro groups is 1. The van der Waals surface area contributed by atoms with Crippen molar-refractivity contribution in [3.63, 3.8) is 0 Å². The van der Waals surface area contributed by atoms with E-state index in [9.17, 15) is 10.1 Å². The van der Waals surface area contributed by atoms with Crippen LogP contribution in [0.5, 0.6) is 0 Å². The van der Waals surface area contributed by atoms with E-state index in [1.54, 1.807) is 18.3 Å². The zero-order valence-electron chi connectivity index (χ0n) is 10.8. The number of nitrogens with zero attached hydrogens (tertiary/aromatic N) is 1. The van der Waals surface area contributed by atoms with Gasteiger partial charge in [0, 0.05) is 40.2 Å². The molecule has 1 N–H and O–H groups in total. The summed E-state index contributed by atoms with van der Waals surface area (Å²) in [5.41, 5.74) is 1.93. The van der Waals surface area contributed by atoms with Crippen LogP contribution in [0, 0.1) is 16.0 Å². The van der Waals surface area contributed by atoms with Crippen molar-refractivity contribution in [1.82, 2.24) is 4.98 Å². The molecule has 0 atom stereocenters. The summed E-state index contributed by atoms with van der Waals surface area (Å²) in [4.78, 5) is 13.8. The average Bonchev–Trinajstić information content (AvgIpc) is 2.70. The molecule has 5 heteroatoms. The van der Waals surface area contributed by atoms with Crippen LogP contribution in [0.3, 0.4) is 0 Å². The molecule has 0 saturated carbocycles. The Balaban J connectivity index is 2.45. The zero-order valence-corrected chi connectivity index (χ0v) is 11.6. The van der Waals surface area contributed by atoms with Gasteiger partial charge in [-0.2, -0.15) is 0 Å². The molecule has 100 valence electrons. The molecule has 0 aliphatic heterocycles. The largest absolute Gasteiger partial charge is 0.361 e. The highest BCUT2D eigenvalue weighted by atomic mass is 35.5. The normalized spacial score (nSPS) is 12.3. The van der Waals surface area contributed by atoms with Crippen LogP contribution in [0.25, 0.3) is 17.0 Å². The molecular weight excluding hydrogens is 264 g/mol. The van der Waals surface area contributed by atoms with E-state index in [-0.39, 0.29) is 16.5 Å². The molecule has 0 radical (unpaired) electrons. The van der Waals surface area contributed by atoms with Crippen molar-refractivity contribution < 1.29 is 4.92 Å². The van der Waals surface area contributed by atoms with Gasteiger partial charge in [0.2, 0.25) is 5.70 Å². The SMILES string of the molecule is CC(C)C/C(=C/c1c[nH]c2cc(Cl)ccc12)[N+](=O)[O-]. The number of aromatic amines is 1. The molecule has 0 spiro atoms. The monoisotopic (exact) mass is 278 g/mol. The van der Waals surface area contributed by atoms with E-state index >= 15 is 0 Å². The summed E-state index contributed by atoms with van der Waals surface area (Å²) < 4.78 is 0. The Morgan fingerprint density at radius 3 is 2.89 bits per heavy atom. The molecule has 1 heterocycles. The maximum absolute atomic E-state index is 11.1. The number of H-pyrrole nitrogens is 1. The minimum absolute atomic E-state index is 0.228. The first-order valence-corrected chi connectivity index (χ1v) is 6.46. The van der Waals surface area contributed by atoms with Crippen molar-refractivity contribution in [3.8, 4) is 0 Å². The molecule has 1 aromatic carbocycles. The van der Waals surface area contributed by atoms with Crippen LogP contribution in [-0.2, 0) is 0 Å². The fraction of sp³-hybridized carbons (Fsp3) is 0.286. The predicted molar refractivity (Wildman–Crippen MR) is 77.7 cm³/mol. The smallest absolute Gasteiger partial charge is 0.247 e. The molecule has 2 aromatic rings. The van der Waals surface area contributed by atoms with Gasteiger partial charge in [0.05, 0.1) is 4.92 Å². The summed E-state index contributed by atoms with van der Waals surface area (Å²) in [6.45, 7) is 3.93. The fourth-order valence-electron chi connectivity index (χ4n) is 2.02. The Labute approximate surface area is 116 Å². The predicted octanol–water partition coefficient (Wildman–Crippen LogP) is 4.49. The van der Waals surface area contributed by atoms with Crippen molar-refractivity contribution >= 4 is 28.6 Å². The summed E-state index contributed by atoms with van der Waals surface area (Å²) in [7, 11) is 0. The Morgan fingerprint density at radius 2 is 2.26 bits per heavy atom. The number of nitrogens with one attached hydrogen (secondary N) is 1. The highest BCUT2D eigenvalue weighted by Crippen LogP contribution is 2.25. The van der Waals surface area contributed by atoms with Gasteiger partial charge in [-0.15, -0.1) is 0 Å². The number of fused-ring (bicyclic) bond motifs is 1. The number of rotatable bonds is 4. The number of benzene rings is 1. The van der Waals surface area contributed by atoms with E-state index in [4.69, 9.17) is 11.6 Å². The van der Waals surface area contributed by atoms with Gasteiger partial charge in [0.25, 0.3) is 0 Å². The van der Waals surface area contributed by atoms with Gasteiger partial charge >= 0.3 is 0 Å². The average molecular weight is 279 g/mol. The van der Waals surface area contributed by atoms with Gasteiger partial charge in [-0.25, -0.2) is 0 Å². The van der Waals surface area contributed by atoms with Crippen LogP contribution in [0.4, 0.5) is 0 Å². The molecule has 0 saturated heterocycles. The van der Waals surface area contributed by atoms with E-state index in [2.05, 4.69) is 4.98 Å². The Kier molecular flexibility index (Phi) is 3.90. The van der Waals surface area contributed by atoms with Gasteiger partial charge < -0.3 is 4.98 Å². The number of allylic oxidation sites excluding steroid dienone is 1. The summed E-state index contributed by atoms with van der Waals surface area (Å²) in [5, 5.41) is 12.6. The van der Waals surface area contributed by atoms with Crippen LogP contribution in [0.15, 0.2) is 30.1 Å². The highest BCUT2D eigenvalue weighted by molar-refractivity contribution is 6.31. The molecule has 0 aliphatic carbocycles. The van der Waals surface area contributed by atoms with E-state index in [0.717, 1.165) is 16.5 Å². The van der Waals surface area contributed by atoms with E-state index in [0.29, 0.717) is 11.4 Å². The fourth-order valence-corrected chi connectivity index (χ4v) is 2.20. The van der Waals surface area contributed by atoms with Crippen LogP contribution in [-0.4, -0.2) is 9.91 Å². The molecule has 2 rings (SSSR count). The molecule has 0 bridgehead atoms. The van der Waals surface area contributed by atoms with Gasteiger partial charge in [0.1, 0.15) is 0 Å². The molecule has 0 aliphatic rings. The topological polar surface area (TPSA) is 58.9 Å². The first-order valence-electron chi connectivity index (χ1n) is 6.09. The molecule has 1 aromatic heterocycles. The quantitative estimate of drug-likeness (QED) is 0.662. The van der Waals surface area contributed by atoms with Crippen molar-refractivity contribution in [2.75, 3.05) is 0 Å². The van der Waals surface area contributed by atoms with Crippen LogP contribution >= 0.6 is 11.6 Å². The molecule has 19 heavy (non-hydrogen) atoms. The van der Waals surface area contributed by atoms with Crippen molar-refractivity contribution in [1.29, 1.82) is 0 Å². The van der Waals surface area contributed by atoms with E-state index < -0.39 is 0 Å². The van der Waals surface area contributed by atoms with Crippen molar-refractivity contribution in [2.24, 2.45) is 5.92 Å². The van der Waals surface area contributed by atoms with Gasteiger partial charge in [-0.3, -0.25) is 10.1 Å². The zero-order chi connectivity index (χ0) is 14.0. The molecule has 0 amide bonds. The first kappa shape index (κ1) is 13.6. The third kappa shape index (κ3) is 3.15. The molecule has 0 unspecified atom stereocenters. The van der Waals surface area contributed by atoms with Gasteiger partial charge in [-0.1, -0.05) is 31.5 Å². The lowest BCUT2D eigenvalue weighted by molar-refractivity contribution is -0.427. The molecule has 0 fully saturated rings. The third-order valence-electron chi connectivity index (χ3n) is 2.85. The Morgan fingerprint density at radius 1 is 1.53 bits per heavy atom. The maximum Gasteiger partial charge on any atom is 0.247 e. The minimum Gasteiger partial charge on any atom is -0.361 e. The second-order valence-electron chi connectivity index (χ2n) is 4.92. The highest BCUT2D eigenvalue weighted by Gasteiger charge is 2.14. The Bertz CT molecular complexity index is 644. The lowest BCUT2D eigenvalue weighted by atomic mass is 10.1. The summed E-state index contributed by atoms with van der Waals surface area (Å²) in [5.74, 6) is 0.247. The molecular formula is C14H15ClN2O2. The van der Waals surface area contributed by atoms with E-state index in [1.807, 2.05) is 26.0 Å². The van der Waals surface area contributed by atoms with Gasteiger partial charge in [0.15, 0.2) is 0 Å². The van der Waals surface area contributed by atoms with Crippen molar-refractivity contribution in [3.05, 3.63) is 50.8 Å². The summed E-state index contributed by atoms with van der Waals surface area (Å²) in [6.07, 6.45) is 3.85. The summed E-state index contributed by atoms with van der Waals surface area (Å²) in [6, 6.07) is 5.46. The lowest BCUT2D eigenvalue weighted by Crippen LogP contribution is -2.02. The minimum atomic E-state index is -0.311. The van der Waals surface area contributed by atoms with Gasteiger partial charge in [-0.05, 0) is 18.1 Å². The van der Waals surface area contributed by atoms with Crippen LogP contribution in [0.2, 0.25) is 5.02 Å². The van der Waals surface area contributed by atoms with E-state index in [1.165, 1.54) is 0 Å². The number of hydrogen-bond donors (Lipinski definition) is 1. The second-order valence-corrected chi connectivity index (χ2v) is 5.36. The third-order valence-corrected chi connectivity index (χ3v) is 3.08. The molecule has 4 nitrogen and oxygen atoms in total. The number of hydrogen-bond acceptors (Lipinski definition) is 2. The first-order chi connectivity index (χ1) is 8.97. The lowest BCUT2D eigenvalue weighted by Gasteiger charge is -2.01. The van der Waals surface area contributed by atoms with Crippen LogP contribution < -0.4 is 0 Å².